The summed E-state index contributed by atoms with van der Waals surface area (Å²) in [6.45, 7) is 7.13. The van der Waals surface area contributed by atoms with E-state index >= 15 is 0 Å². The maximum absolute atomic E-state index is 12.9. The first-order valence-electron chi connectivity index (χ1n) is 9.16. The van der Waals surface area contributed by atoms with E-state index in [1.807, 2.05) is 20.8 Å². The van der Waals surface area contributed by atoms with Gasteiger partial charge in [-0.05, 0) is 24.5 Å². The van der Waals surface area contributed by atoms with Gasteiger partial charge < -0.3 is 24.1 Å². The predicted octanol–water partition coefficient (Wildman–Crippen LogP) is 3.56. The molecule has 2 aromatic rings. The lowest BCUT2D eigenvalue weighted by molar-refractivity contribution is 0.200. The summed E-state index contributed by atoms with van der Waals surface area (Å²) in [5.74, 6) is 1.47. The number of unbranched alkanes of at least 4 members (excludes halogenated alkanes) is 1. The third-order valence-corrected chi connectivity index (χ3v) is 4.12. The largest absolute Gasteiger partial charge is 0.493 e. The molecule has 0 saturated heterocycles. The lowest BCUT2D eigenvalue weighted by atomic mass is 10.1. The molecule has 1 aromatic heterocycles. The van der Waals surface area contributed by atoms with Crippen molar-refractivity contribution in [2.45, 2.75) is 40.2 Å². The van der Waals surface area contributed by atoms with Gasteiger partial charge in [0.15, 0.2) is 17.2 Å². The van der Waals surface area contributed by atoms with Crippen molar-refractivity contribution in [3.05, 3.63) is 28.7 Å². The molecule has 7 nitrogen and oxygen atoms in total. The van der Waals surface area contributed by atoms with Crippen LogP contribution in [0.4, 0.5) is 4.79 Å². The van der Waals surface area contributed by atoms with E-state index < -0.39 is 6.09 Å². The number of methoxy groups -OCH3 is 2. The molecular formula is C20H28N2O5. The highest BCUT2D eigenvalue weighted by atomic mass is 16.6. The number of carbonyl (C=O) groups excluding carboxylic acids is 1. The Labute approximate surface area is 159 Å². The SMILES string of the molecule is CCCCNC(=O)Oc1cn(CC(C)C)c(=O)c2cc(OC)c(OC)cc12. The zero-order chi connectivity index (χ0) is 20.0. The molecular weight excluding hydrogens is 348 g/mol. The minimum Gasteiger partial charge on any atom is -0.493 e. The van der Waals surface area contributed by atoms with Gasteiger partial charge >= 0.3 is 6.09 Å². The quantitative estimate of drug-likeness (QED) is 0.713. The number of amides is 1. The molecule has 0 aliphatic heterocycles. The van der Waals surface area contributed by atoms with E-state index in [9.17, 15) is 9.59 Å². The van der Waals surface area contributed by atoms with E-state index in [2.05, 4.69) is 5.32 Å². The fraction of sp³-hybridized carbons (Fsp3) is 0.500. The summed E-state index contributed by atoms with van der Waals surface area (Å²) in [6, 6.07) is 3.28. The van der Waals surface area contributed by atoms with Crippen LogP contribution in [-0.2, 0) is 6.54 Å². The van der Waals surface area contributed by atoms with Crippen LogP contribution in [-0.4, -0.2) is 31.4 Å². The molecule has 0 unspecified atom stereocenters. The number of hydrogen-bond donors (Lipinski definition) is 1. The number of nitrogens with zero attached hydrogens (tertiary/aromatic N) is 1. The van der Waals surface area contributed by atoms with Crippen molar-refractivity contribution in [3.63, 3.8) is 0 Å². The van der Waals surface area contributed by atoms with E-state index in [1.54, 1.807) is 22.9 Å². The number of ether oxygens (including phenoxy) is 3. The molecule has 1 amide bonds. The van der Waals surface area contributed by atoms with Crippen LogP contribution >= 0.6 is 0 Å². The fourth-order valence-electron chi connectivity index (χ4n) is 2.80. The van der Waals surface area contributed by atoms with Gasteiger partial charge in [0.2, 0.25) is 0 Å². The van der Waals surface area contributed by atoms with Gasteiger partial charge in [-0.15, -0.1) is 0 Å². The monoisotopic (exact) mass is 376 g/mol. The van der Waals surface area contributed by atoms with E-state index in [0.29, 0.717) is 41.1 Å². The topological polar surface area (TPSA) is 78.8 Å². The van der Waals surface area contributed by atoms with Crippen molar-refractivity contribution in [2.75, 3.05) is 20.8 Å². The molecule has 2 rings (SSSR count). The number of nitrogens with one attached hydrogen (secondary N) is 1. The van der Waals surface area contributed by atoms with Crippen LogP contribution in [0.15, 0.2) is 23.1 Å². The Bertz CT molecular complexity index is 858. The molecule has 0 spiro atoms. The number of hydrogen-bond acceptors (Lipinski definition) is 5. The molecule has 0 saturated carbocycles. The van der Waals surface area contributed by atoms with Gasteiger partial charge in [0.05, 0.1) is 25.8 Å². The molecule has 0 aliphatic carbocycles. The summed E-state index contributed by atoms with van der Waals surface area (Å²) in [7, 11) is 3.03. The molecule has 1 heterocycles. The Hall–Kier alpha value is -2.70. The van der Waals surface area contributed by atoms with Crippen LogP contribution in [0.2, 0.25) is 0 Å². The molecule has 0 atom stereocenters. The van der Waals surface area contributed by atoms with Crippen molar-refractivity contribution < 1.29 is 19.0 Å². The maximum atomic E-state index is 12.9. The van der Waals surface area contributed by atoms with E-state index in [0.717, 1.165) is 12.8 Å². The summed E-state index contributed by atoms with van der Waals surface area (Å²) < 4.78 is 17.7. The number of fused-ring (bicyclic) bond motifs is 1. The number of rotatable bonds is 8. The molecule has 1 N–H and O–H groups in total. The first kappa shape index (κ1) is 20.6. The third kappa shape index (κ3) is 4.93. The first-order valence-corrected chi connectivity index (χ1v) is 9.16. The summed E-state index contributed by atoms with van der Waals surface area (Å²) in [4.78, 5) is 25.0. The van der Waals surface area contributed by atoms with Crippen LogP contribution in [0, 0.1) is 5.92 Å². The Balaban J connectivity index is 2.56. The van der Waals surface area contributed by atoms with Crippen LogP contribution in [0.25, 0.3) is 10.8 Å². The Morgan fingerprint density at radius 1 is 1.11 bits per heavy atom. The fourth-order valence-corrected chi connectivity index (χ4v) is 2.80. The second-order valence-corrected chi connectivity index (χ2v) is 6.77. The van der Waals surface area contributed by atoms with E-state index in [-0.39, 0.29) is 11.5 Å². The number of pyridine rings is 1. The highest BCUT2D eigenvalue weighted by Gasteiger charge is 2.17. The molecule has 0 radical (unpaired) electrons. The Morgan fingerprint density at radius 3 is 2.30 bits per heavy atom. The normalized spacial score (nSPS) is 10.9. The minimum atomic E-state index is -0.547. The summed E-state index contributed by atoms with van der Waals surface area (Å²) in [6.07, 6.45) is 2.87. The maximum Gasteiger partial charge on any atom is 0.412 e. The lowest BCUT2D eigenvalue weighted by Crippen LogP contribution is -2.29. The number of carbonyl (C=O) groups is 1. The minimum absolute atomic E-state index is 0.168. The lowest BCUT2D eigenvalue weighted by Gasteiger charge is -2.16. The van der Waals surface area contributed by atoms with Crippen molar-refractivity contribution in [2.24, 2.45) is 5.92 Å². The third-order valence-electron chi connectivity index (χ3n) is 4.12. The highest BCUT2D eigenvalue weighted by Crippen LogP contribution is 2.35. The van der Waals surface area contributed by atoms with Gasteiger partial charge in [-0.2, -0.15) is 0 Å². The standard InChI is InChI=1S/C20H28N2O5/c1-6-7-8-21-20(24)27-18-12-22(11-13(2)3)19(23)15-10-17(26-5)16(25-4)9-14(15)18/h9-10,12-13H,6-8,11H2,1-5H3,(H,21,24). The molecule has 27 heavy (non-hydrogen) atoms. The van der Waals surface area contributed by atoms with Gasteiger partial charge in [0, 0.05) is 18.5 Å². The number of aromatic nitrogens is 1. The first-order chi connectivity index (χ1) is 12.9. The molecule has 148 valence electrons. The second kappa shape index (κ2) is 9.30. The van der Waals surface area contributed by atoms with Gasteiger partial charge in [0.1, 0.15) is 0 Å². The van der Waals surface area contributed by atoms with Gasteiger partial charge in [-0.3, -0.25) is 4.79 Å². The van der Waals surface area contributed by atoms with Crippen molar-refractivity contribution in [1.29, 1.82) is 0 Å². The van der Waals surface area contributed by atoms with E-state index in [1.165, 1.54) is 14.2 Å². The van der Waals surface area contributed by atoms with Gasteiger partial charge in [0.25, 0.3) is 5.56 Å². The average molecular weight is 376 g/mol. The van der Waals surface area contributed by atoms with Crippen LogP contribution < -0.4 is 25.1 Å². The van der Waals surface area contributed by atoms with Gasteiger partial charge in [-0.25, -0.2) is 4.79 Å². The van der Waals surface area contributed by atoms with Crippen molar-refractivity contribution in [1.82, 2.24) is 9.88 Å². The van der Waals surface area contributed by atoms with Crippen LogP contribution in [0.1, 0.15) is 33.6 Å². The highest BCUT2D eigenvalue weighted by molar-refractivity contribution is 5.92. The van der Waals surface area contributed by atoms with Gasteiger partial charge in [-0.1, -0.05) is 27.2 Å². The van der Waals surface area contributed by atoms with E-state index in [4.69, 9.17) is 14.2 Å². The molecule has 0 fully saturated rings. The molecule has 0 bridgehead atoms. The van der Waals surface area contributed by atoms with Crippen molar-refractivity contribution >= 4 is 16.9 Å². The zero-order valence-corrected chi connectivity index (χ0v) is 16.6. The van der Waals surface area contributed by atoms with Crippen LogP contribution in [0.5, 0.6) is 17.2 Å². The number of benzene rings is 1. The molecule has 1 aromatic carbocycles. The molecule has 0 aliphatic rings. The smallest absolute Gasteiger partial charge is 0.412 e. The molecule has 7 heteroatoms. The van der Waals surface area contributed by atoms with Crippen molar-refractivity contribution in [3.8, 4) is 17.2 Å². The van der Waals surface area contributed by atoms with Crippen LogP contribution in [0.3, 0.4) is 0 Å². The second-order valence-electron chi connectivity index (χ2n) is 6.77. The summed E-state index contributed by atoms with van der Waals surface area (Å²) in [5, 5.41) is 3.63. The zero-order valence-electron chi connectivity index (χ0n) is 16.6. The Morgan fingerprint density at radius 2 is 1.74 bits per heavy atom. The summed E-state index contributed by atoms with van der Waals surface area (Å²) >= 11 is 0. The predicted molar refractivity (Wildman–Crippen MR) is 105 cm³/mol. The summed E-state index contributed by atoms with van der Waals surface area (Å²) in [5.41, 5.74) is -0.168. The average Bonchev–Trinajstić information content (AvgIpc) is 2.64. The Kier molecular flexibility index (Phi) is 7.10.